The van der Waals surface area contributed by atoms with Gasteiger partial charge in [-0.1, -0.05) is 6.07 Å². The average molecular weight is 475 g/mol. The lowest BCUT2D eigenvalue weighted by atomic mass is 9.99. The minimum Gasteiger partial charge on any atom is -0.474 e. The predicted octanol–water partition coefficient (Wildman–Crippen LogP) is 1.79. The van der Waals surface area contributed by atoms with Crippen LogP contribution in [0.4, 0.5) is 10.5 Å². The zero-order valence-corrected chi connectivity index (χ0v) is 19.6. The van der Waals surface area contributed by atoms with Gasteiger partial charge in [0.15, 0.2) is 9.92 Å². The molecule has 0 radical (unpaired) electrons. The number of rotatable bonds is 6. The van der Waals surface area contributed by atoms with Crippen LogP contribution >= 0.6 is 0 Å². The second-order valence-corrected chi connectivity index (χ2v) is 10.5. The lowest BCUT2D eigenvalue weighted by Crippen LogP contribution is -2.34. The summed E-state index contributed by atoms with van der Waals surface area (Å²) in [6.45, 7) is 2.01. The van der Waals surface area contributed by atoms with E-state index < -0.39 is 15.9 Å². The summed E-state index contributed by atoms with van der Waals surface area (Å²) >= 11 is 0. The summed E-state index contributed by atoms with van der Waals surface area (Å²) in [5.41, 5.74) is 5.79. The number of carbonyl (C=O) groups excluding carboxylic acids is 1. The van der Waals surface area contributed by atoms with Crippen LogP contribution in [-0.4, -0.2) is 52.9 Å². The van der Waals surface area contributed by atoms with Gasteiger partial charge in [-0.2, -0.15) is 5.10 Å². The zero-order chi connectivity index (χ0) is 23.0. The molecule has 0 fully saturated rings. The SMILES string of the molecule is CNCCOC1COc2c(S(N)(=O)=NC(=O)Nc3c4c(cc5c3CCC5)CCC4)cnn2C1. The van der Waals surface area contributed by atoms with Gasteiger partial charge in [-0.3, -0.25) is 0 Å². The van der Waals surface area contributed by atoms with Gasteiger partial charge in [0.05, 0.1) is 19.3 Å². The third kappa shape index (κ3) is 4.37. The number of anilines is 1. The molecule has 3 aliphatic rings. The molecule has 0 saturated heterocycles. The van der Waals surface area contributed by atoms with Crippen LogP contribution in [0.25, 0.3) is 0 Å². The molecule has 0 spiro atoms. The summed E-state index contributed by atoms with van der Waals surface area (Å²) in [6.07, 6.45) is 7.25. The Labute approximate surface area is 193 Å². The molecule has 10 nitrogen and oxygen atoms in total. The van der Waals surface area contributed by atoms with Crippen molar-refractivity contribution in [3.05, 3.63) is 34.5 Å². The Morgan fingerprint density at radius 3 is 2.73 bits per heavy atom. The first-order chi connectivity index (χ1) is 16.0. The first kappa shape index (κ1) is 22.3. The quantitative estimate of drug-likeness (QED) is 0.547. The van der Waals surface area contributed by atoms with Crippen molar-refractivity contribution in [3.63, 3.8) is 0 Å². The van der Waals surface area contributed by atoms with E-state index in [4.69, 9.17) is 14.6 Å². The highest BCUT2D eigenvalue weighted by atomic mass is 32.2. The molecular formula is C22H30N6O4S. The molecule has 2 atom stereocenters. The zero-order valence-electron chi connectivity index (χ0n) is 18.8. The van der Waals surface area contributed by atoms with Gasteiger partial charge in [0.2, 0.25) is 5.88 Å². The van der Waals surface area contributed by atoms with Crippen molar-refractivity contribution in [1.29, 1.82) is 0 Å². The topological polar surface area (TPSA) is 133 Å². The van der Waals surface area contributed by atoms with E-state index in [1.807, 2.05) is 7.05 Å². The van der Waals surface area contributed by atoms with E-state index in [2.05, 4.69) is 26.2 Å². The number of fused-ring (bicyclic) bond motifs is 3. The number of urea groups is 1. The van der Waals surface area contributed by atoms with E-state index in [1.165, 1.54) is 28.5 Å². The minimum atomic E-state index is -3.54. The van der Waals surface area contributed by atoms with Crippen LogP contribution in [0.15, 0.2) is 21.5 Å². The number of ether oxygens (including phenoxy) is 2. The standard InChI is InChI=1S/C22H30N6O4S/c1-24-8-9-31-16-12-28-21(32-13-16)19(11-25-28)33(23,30)27-22(29)26-20-17-6-2-4-14(17)10-15-5-3-7-18(15)20/h10-11,16,24H,2-9,12-13H2,1H3,(H3,23,26,27,29,30). The third-order valence-electron chi connectivity index (χ3n) is 6.49. The van der Waals surface area contributed by atoms with Gasteiger partial charge in [-0.15, -0.1) is 4.36 Å². The van der Waals surface area contributed by atoms with E-state index >= 15 is 0 Å². The molecule has 2 amide bonds. The number of aromatic nitrogens is 2. The maximum atomic E-state index is 13.3. The molecule has 4 N–H and O–H groups in total. The van der Waals surface area contributed by atoms with E-state index in [9.17, 15) is 9.00 Å². The first-order valence-electron chi connectivity index (χ1n) is 11.4. The monoisotopic (exact) mass is 474 g/mol. The second kappa shape index (κ2) is 9.05. The number of nitrogens with two attached hydrogens (primary N) is 1. The number of benzene rings is 1. The van der Waals surface area contributed by atoms with Crippen molar-refractivity contribution in [2.75, 3.05) is 32.1 Å². The van der Waals surface area contributed by atoms with Crippen molar-refractivity contribution < 1.29 is 18.5 Å². The lowest BCUT2D eigenvalue weighted by molar-refractivity contribution is -0.0115. The molecule has 1 aromatic carbocycles. The van der Waals surface area contributed by atoms with Crippen LogP contribution in [0, 0.1) is 0 Å². The molecular weight excluding hydrogens is 444 g/mol. The van der Waals surface area contributed by atoms with E-state index in [0.29, 0.717) is 13.2 Å². The number of amides is 2. The van der Waals surface area contributed by atoms with E-state index in [0.717, 1.165) is 50.8 Å². The fourth-order valence-electron chi connectivity index (χ4n) is 4.95. The Kier molecular flexibility index (Phi) is 6.12. The molecule has 178 valence electrons. The Morgan fingerprint density at radius 2 is 2.03 bits per heavy atom. The first-order valence-corrected chi connectivity index (χ1v) is 13.0. The van der Waals surface area contributed by atoms with Crippen LogP contribution in [0.1, 0.15) is 35.1 Å². The molecule has 0 saturated carbocycles. The highest BCUT2D eigenvalue weighted by Crippen LogP contribution is 2.38. The number of likely N-dealkylation sites (N-methyl/N-ethyl adjacent to an activating group) is 1. The van der Waals surface area contributed by atoms with Crippen LogP contribution in [-0.2, 0) is 46.9 Å². The number of hydrogen-bond donors (Lipinski definition) is 3. The molecule has 11 heteroatoms. The Bertz CT molecular complexity index is 1170. The van der Waals surface area contributed by atoms with E-state index in [-0.39, 0.29) is 23.5 Å². The maximum Gasteiger partial charge on any atom is 0.354 e. The highest BCUT2D eigenvalue weighted by molar-refractivity contribution is 7.91. The van der Waals surface area contributed by atoms with Crippen molar-refractivity contribution in [2.24, 2.45) is 9.50 Å². The number of aryl methyl sites for hydroxylation is 2. The highest BCUT2D eigenvalue weighted by Gasteiger charge is 2.29. The summed E-state index contributed by atoms with van der Waals surface area (Å²) in [5, 5.41) is 16.2. The largest absolute Gasteiger partial charge is 0.474 e. The van der Waals surface area contributed by atoms with Gasteiger partial charge in [-0.05, 0) is 67.8 Å². The summed E-state index contributed by atoms with van der Waals surface area (Å²) in [7, 11) is -1.68. The van der Waals surface area contributed by atoms with Crippen LogP contribution < -0.4 is 20.5 Å². The number of nitrogens with one attached hydrogen (secondary N) is 2. The van der Waals surface area contributed by atoms with Crippen molar-refractivity contribution in [1.82, 2.24) is 15.1 Å². The fourth-order valence-corrected chi connectivity index (χ4v) is 5.95. The maximum absolute atomic E-state index is 13.3. The van der Waals surface area contributed by atoms with Gasteiger partial charge in [-0.25, -0.2) is 18.8 Å². The van der Waals surface area contributed by atoms with Crippen molar-refractivity contribution in [3.8, 4) is 5.88 Å². The average Bonchev–Trinajstić information content (AvgIpc) is 3.52. The van der Waals surface area contributed by atoms with Gasteiger partial charge in [0.1, 0.15) is 17.6 Å². The van der Waals surface area contributed by atoms with Gasteiger partial charge in [0.25, 0.3) is 0 Å². The molecule has 1 aromatic heterocycles. The Morgan fingerprint density at radius 1 is 1.30 bits per heavy atom. The van der Waals surface area contributed by atoms with Crippen LogP contribution in [0.5, 0.6) is 5.88 Å². The molecule has 2 unspecified atom stereocenters. The third-order valence-corrected chi connectivity index (χ3v) is 7.83. The van der Waals surface area contributed by atoms with Crippen molar-refractivity contribution in [2.45, 2.75) is 56.1 Å². The van der Waals surface area contributed by atoms with Crippen LogP contribution in [0.2, 0.25) is 0 Å². The summed E-state index contributed by atoms with van der Waals surface area (Å²) in [4.78, 5) is 13.0. The molecule has 0 bridgehead atoms. The molecule has 1 aliphatic heterocycles. The molecule has 33 heavy (non-hydrogen) atoms. The fraction of sp³-hybridized carbons (Fsp3) is 0.545. The number of carbonyl (C=O) groups is 1. The van der Waals surface area contributed by atoms with Crippen LogP contribution in [0.3, 0.4) is 0 Å². The Hall–Kier alpha value is -2.47. The summed E-state index contributed by atoms with van der Waals surface area (Å²) < 4.78 is 30.2. The second-order valence-electron chi connectivity index (χ2n) is 8.73. The normalized spacial score (nSPS) is 20.4. The number of nitrogens with zero attached hydrogens (tertiary/aromatic N) is 3. The molecule has 2 aliphatic carbocycles. The predicted molar refractivity (Wildman–Crippen MR) is 124 cm³/mol. The van der Waals surface area contributed by atoms with Gasteiger partial charge >= 0.3 is 6.03 Å². The molecule has 2 aromatic rings. The van der Waals surface area contributed by atoms with E-state index in [1.54, 1.807) is 4.68 Å². The summed E-state index contributed by atoms with van der Waals surface area (Å²) in [6, 6.07) is 1.58. The Balaban J connectivity index is 1.36. The summed E-state index contributed by atoms with van der Waals surface area (Å²) in [5.74, 6) is 0.272. The molecule has 5 rings (SSSR count). The minimum absolute atomic E-state index is 0.120. The lowest BCUT2D eigenvalue weighted by Gasteiger charge is -2.24. The number of hydrogen-bond acceptors (Lipinski definition) is 6. The van der Waals surface area contributed by atoms with Gasteiger partial charge < -0.3 is 20.1 Å². The molecule has 2 heterocycles. The van der Waals surface area contributed by atoms with Gasteiger partial charge in [0, 0.05) is 12.2 Å². The van der Waals surface area contributed by atoms with Crippen molar-refractivity contribution >= 4 is 21.6 Å². The smallest absolute Gasteiger partial charge is 0.354 e.